The SMILES string of the molecule is CCc1ccc(Cn2nccc2NC(=O)c2ccc3c(c2)C(=O)N(Cc2ccco2)C3=O)cc1. The number of nitrogens with zero attached hydrogens (tertiary/aromatic N) is 3. The molecule has 170 valence electrons. The Morgan fingerprint density at radius 3 is 2.44 bits per heavy atom. The Balaban J connectivity index is 1.32. The van der Waals surface area contributed by atoms with E-state index in [1.165, 1.54) is 24.0 Å². The standard InChI is InChI=1S/C26H22N4O4/c1-2-17-5-7-18(8-6-17)15-30-23(11-12-27-30)28-24(31)19-9-10-21-22(14-19)26(33)29(25(21)32)16-20-4-3-13-34-20/h3-14H,2,15-16H2,1H3,(H,28,31). The Labute approximate surface area is 195 Å². The van der Waals surface area contributed by atoms with Crippen molar-refractivity contribution >= 4 is 23.5 Å². The van der Waals surface area contributed by atoms with Crippen molar-refractivity contribution in [1.82, 2.24) is 14.7 Å². The Morgan fingerprint density at radius 2 is 1.71 bits per heavy atom. The number of hydrogen-bond donors (Lipinski definition) is 1. The van der Waals surface area contributed by atoms with Gasteiger partial charge in [0.15, 0.2) is 0 Å². The molecule has 1 N–H and O–H groups in total. The van der Waals surface area contributed by atoms with Crippen molar-refractivity contribution in [3.05, 3.63) is 107 Å². The lowest BCUT2D eigenvalue weighted by atomic mass is 10.1. The number of aromatic nitrogens is 2. The molecular formula is C26H22N4O4. The van der Waals surface area contributed by atoms with Gasteiger partial charge in [-0.05, 0) is 47.9 Å². The largest absolute Gasteiger partial charge is 0.467 e. The van der Waals surface area contributed by atoms with Crippen LogP contribution in [0.3, 0.4) is 0 Å². The van der Waals surface area contributed by atoms with Crippen molar-refractivity contribution in [3.8, 4) is 0 Å². The van der Waals surface area contributed by atoms with Gasteiger partial charge < -0.3 is 9.73 Å². The first-order valence-corrected chi connectivity index (χ1v) is 11.0. The number of hydrogen-bond acceptors (Lipinski definition) is 5. The number of furan rings is 1. The van der Waals surface area contributed by atoms with Crippen LogP contribution in [0.4, 0.5) is 5.82 Å². The third-order valence-electron chi connectivity index (χ3n) is 5.85. The van der Waals surface area contributed by atoms with Crippen molar-refractivity contribution in [3.63, 3.8) is 0 Å². The number of aryl methyl sites for hydroxylation is 1. The molecule has 34 heavy (non-hydrogen) atoms. The zero-order chi connectivity index (χ0) is 23.7. The molecule has 8 nitrogen and oxygen atoms in total. The normalized spacial score (nSPS) is 12.8. The lowest BCUT2D eigenvalue weighted by Crippen LogP contribution is -2.28. The van der Waals surface area contributed by atoms with Crippen molar-refractivity contribution in [2.75, 3.05) is 5.32 Å². The summed E-state index contributed by atoms with van der Waals surface area (Å²) in [5.41, 5.74) is 3.07. The van der Waals surface area contributed by atoms with Gasteiger partial charge in [0.2, 0.25) is 0 Å². The fraction of sp³-hybridized carbons (Fsp3) is 0.154. The number of imide groups is 1. The van der Waals surface area contributed by atoms with Crippen LogP contribution in [0.15, 0.2) is 77.5 Å². The molecule has 0 atom stereocenters. The molecule has 0 radical (unpaired) electrons. The third-order valence-corrected chi connectivity index (χ3v) is 5.85. The van der Waals surface area contributed by atoms with E-state index in [0.29, 0.717) is 18.1 Å². The summed E-state index contributed by atoms with van der Waals surface area (Å²) in [5.74, 6) is -0.213. The molecule has 4 aromatic rings. The highest BCUT2D eigenvalue weighted by Crippen LogP contribution is 2.26. The highest BCUT2D eigenvalue weighted by atomic mass is 16.3. The van der Waals surface area contributed by atoms with Crippen LogP contribution in [-0.4, -0.2) is 32.4 Å². The molecule has 3 heterocycles. The van der Waals surface area contributed by atoms with Gasteiger partial charge in [-0.3, -0.25) is 19.3 Å². The number of amides is 3. The Hall–Kier alpha value is -4.46. The van der Waals surface area contributed by atoms with Gasteiger partial charge in [0.25, 0.3) is 17.7 Å². The van der Waals surface area contributed by atoms with Crippen LogP contribution in [0, 0.1) is 0 Å². The number of fused-ring (bicyclic) bond motifs is 1. The van der Waals surface area contributed by atoms with Gasteiger partial charge in [0, 0.05) is 11.6 Å². The minimum Gasteiger partial charge on any atom is -0.467 e. The summed E-state index contributed by atoms with van der Waals surface area (Å²) in [4.78, 5) is 39.6. The Morgan fingerprint density at radius 1 is 0.941 bits per heavy atom. The van der Waals surface area contributed by atoms with E-state index >= 15 is 0 Å². The van der Waals surface area contributed by atoms with Crippen LogP contribution in [-0.2, 0) is 19.5 Å². The summed E-state index contributed by atoms with van der Waals surface area (Å²) in [5, 5.41) is 7.16. The second-order valence-electron chi connectivity index (χ2n) is 8.03. The van der Waals surface area contributed by atoms with E-state index in [0.717, 1.165) is 16.9 Å². The van der Waals surface area contributed by atoms with Crippen LogP contribution >= 0.6 is 0 Å². The summed E-state index contributed by atoms with van der Waals surface area (Å²) >= 11 is 0. The maximum absolute atomic E-state index is 12.9. The third kappa shape index (κ3) is 4.01. The molecule has 1 aliphatic heterocycles. The molecule has 3 amide bonds. The molecular weight excluding hydrogens is 432 g/mol. The lowest BCUT2D eigenvalue weighted by Gasteiger charge is -2.11. The summed E-state index contributed by atoms with van der Waals surface area (Å²) in [6.45, 7) is 2.65. The van der Waals surface area contributed by atoms with E-state index in [4.69, 9.17) is 4.42 Å². The maximum atomic E-state index is 12.9. The van der Waals surface area contributed by atoms with Gasteiger partial charge in [-0.25, -0.2) is 4.68 Å². The molecule has 5 rings (SSSR count). The summed E-state index contributed by atoms with van der Waals surface area (Å²) in [6, 6.07) is 17.9. The predicted octanol–water partition coefficient (Wildman–Crippen LogP) is 4.14. The van der Waals surface area contributed by atoms with Gasteiger partial charge >= 0.3 is 0 Å². The summed E-state index contributed by atoms with van der Waals surface area (Å²) < 4.78 is 6.96. The molecule has 0 aliphatic carbocycles. The monoisotopic (exact) mass is 454 g/mol. The second kappa shape index (κ2) is 8.82. The molecule has 0 saturated carbocycles. The first-order valence-electron chi connectivity index (χ1n) is 11.0. The highest BCUT2D eigenvalue weighted by Gasteiger charge is 2.36. The fourth-order valence-corrected chi connectivity index (χ4v) is 3.94. The Kier molecular flexibility index (Phi) is 5.55. The van der Waals surface area contributed by atoms with Crippen molar-refractivity contribution in [1.29, 1.82) is 0 Å². The minimum absolute atomic E-state index is 0.0410. The first-order chi connectivity index (χ1) is 16.5. The average molecular weight is 454 g/mol. The van der Waals surface area contributed by atoms with Gasteiger partial charge in [-0.2, -0.15) is 5.10 Å². The number of carbonyl (C=O) groups is 3. The topological polar surface area (TPSA) is 97.4 Å². The zero-order valence-corrected chi connectivity index (χ0v) is 18.5. The van der Waals surface area contributed by atoms with Crippen molar-refractivity contribution in [2.24, 2.45) is 0 Å². The number of rotatable bonds is 7. The minimum atomic E-state index is -0.452. The maximum Gasteiger partial charge on any atom is 0.261 e. The van der Waals surface area contributed by atoms with Crippen LogP contribution in [0.5, 0.6) is 0 Å². The van der Waals surface area contributed by atoms with Crippen LogP contribution in [0.2, 0.25) is 0 Å². The van der Waals surface area contributed by atoms with Crippen LogP contribution in [0.1, 0.15) is 54.9 Å². The smallest absolute Gasteiger partial charge is 0.261 e. The number of carbonyl (C=O) groups excluding carboxylic acids is 3. The number of anilines is 1. The summed E-state index contributed by atoms with van der Waals surface area (Å²) in [7, 11) is 0. The number of nitrogens with one attached hydrogen (secondary N) is 1. The molecule has 8 heteroatoms. The molecule has 2 aromatic heterocycles. The average Bonchev–Trinajstić information content (AvgIpc) is 3.58. The zero-order valence-electron chi connectivity index (χ0n) is 18.5. The van der Waals surface area contributed by atoms with E-state index in [2.05, 4.69) is 29.5 Å². The molecule has 1 aliphatic rings. The van der Waals surface area contributed by atoms with Crippen molar-refractivity contribution < 1.29 is 18.8 Å². The van der Waals surface area contributed by atoms with E-state index < -0.39 is 17.7 Å². The quantitative estimate of drug-likeness (QED) is 0.424. The summed E-state index contributed by atoms with van der Waals surface area (Å²) in [6.07, 6.45) is 4.08. The fourth-order valence-electron chi connectivity index (χ4n) is 3.94. The van der Waals surface area contributed by atoms with Crippen molar-refractivity contribution in [2.45, 2.75) is 26.4 Å². The van der Waals surface area contributed by atoms with Crippen LogP contribution < -0.4 is 5.32 Å². The molecule has 0 bridgehead atoms. The highest BCUT2D eigenvalue weighted by molar-refractivity contribution is 6.22. The van der Waals surface area contributed by atoms with E-state index in [1.54, 1.807) is 35.1 Å². The predicted molar refractivity (Wildman–Crippen MR) is 124 cm³/mol. The number of benzene rings is 2. The molecule has 0 spiro atoms. The van der Waals surface area contributed by atoms with Gasteiger partial charge in [0.1, 0.15) is 11.6 Å². The van der Waals surface area contributed by atoms with Crippen LogP contribution in [0.25, 0.3) is 0 Å². The van der Waals surface area contributed by atoms with E-state index in [9.17, 15) is 14.4 Å². The van der Waals surface area contributed by atoms with E-state index in [1.807, 2.05) is 12.1 Å². The molecule has 2 aromatic carbocycles. The Bertz CT molecular complexity index is 1370. The molecule has 0 unspecified atom stereocenters. The second-order valence-corrected chi connectivity index (χ2v) is 8.03. The lowest BCUT2D eigenvalue weighted by molar-refractivity contribution is 0.0631. The van der Waals surface area contributed by atoms with Gasteiger partial charge in [-0.1, -0.05) is 31.2 Å². The molecule has 0 saturated heterocycles. The van der Waals surface area contributed by atoms with Gasteiger partial charge in [-0.15, -0.1) is 0 Å². The van der Waals surface area contributed by atoms with E-state index in [-0.39, 0.29) is 23.2 Å². The van der Waals surface area contributed by atoms with Gasteiger partial charge in [0.05, 0.1) is 36.7 Å². The molecule has 0 fully saturated rings. The first kappa shape index (κ1) is 21.4.